The SMILES string of the molecule is O=C(Cc1c[nH]c2cc(F)ccc12)NCC(O)CN1CCOCC1. The van der Waals surface area contributed by atoms with Crippen LogP contribution in [0.25, 0.3) is 10.9 Å². The van der Waals surface area contributed by atoms with E-state index in [1.165, 1.54) is 12.1 Å². The Kier molecular flexibility index (Phi) is 5.44. The molecule has 2 aromatic rings. The first-order valence-electron chi connectivity index (χ1n) is 8.12. The fourth-order valence-corrected chi connectivity index (χ4v) is 2.92. The first kappa shape index (κ1) is 16.9. The first-order valence-corrected chi connectivity index (χ1v) is 8.12. The molecule has 0 saturated carbocycles. The second kappa shape index (κ2) is 7.74. The number of morpholine rings is 1. The van der Waals surface area contributed by atoms with Gasteiger partial charge in [-0.1, -0.05) is 0 Å². The summed E-state index contributed by atoms with van der Waals surface area (Å²) in [5.41, 5.74) is 1.48. The molecule has 1 unspecified atom stereocenters. The average Bonchev–Trinajstić information content (AvgIpc) is 2.96. The van der Waals surface area contributed by atoms with Gasteiger partial charge in [0.15, 0.2) is 0 Å². The maximum atomic E-state index is 13.2. The number of rotatable bonds is 6. The monoisotopic (exact) mass is 335 g/mol. The number of β-amino-alcohol motifs (C(OH)–C–C–N with tert-alkyl or cyclic N) is 1. The summed E-state index contributed by atoms with van der Waals surface area (Å²) >= 11 is 0. The number of aliphatic hydroxyl groups is 1. The van der Waals surface area contributed by atoms with Gasteiger partial charge in [0.25, 0.3) is 0 Å². The summed E-state index contributed by atoms with van der Waals surface area (Å²) in [5, 5.41) is 13.6. The Morgan fingerprint density at radius 3 is 3.00 bits per heavy atom. The summed E-state index contributed by atoms with van der Waals surface area (Å²) in [6.07, 6.45) is 1.30. The van der Waals surface area contributed by atoms with Crippen molar-refractivity contribution in [1.29, 1.82) is 0 Å². The lowest BCUT2D eigenvalue weighted by atomic mass is 10.1. The third-order valence-corrected chi connectivity index (χ3v) is 4.19. The number of aromatic amines is 1. The van der Waals surface area contributed by atoms with Crippen LogP contribution in [0.15, 0.2) is 24.4 Å². The number of amides is 1. The molecule has 1 fully saturated rings. The van der Waals surface area contributed by atoms with Gasteiger partial charge >= 0.3 is 0 Å². The van der Waals surface area contributed by atoms with Gasteiger partial charge in [0, 0.05) is 43.3 Å². The zero-order chi connectivity index (χ0) is 16.9. The number of aliphatic hydroxyl groups excluding tert-OH is 1. The van der Waals surface area contributed by atoms with Crippen molar-refractivity contribution in [1.82, 2.24) is 15.2 Å². The van der Waals surface area contributed by atoms with Gasteiger partial charge < -0.3 is 20.1 Å². The number of nitrogens with zero attached hydrogens (tertiary/aromatic N) is 1. The predicted octanol–water partition coefficient (Wildman–Crippen LogP) is 0.659. The Balaban J connectivity index is 1.48. The minimum atomic E-state index is -0.607. The van der Waals surface area contributed by atoms with Crippen LogP contribution >= 0.6 is 0 Å². The molecule has 0 bridgehead atoms. The Morgan fingerprint density at radius 1 is 1.42 bits per heavy atom. The summed E-state index contributed by atoms with van der Waals surface area (Å²) in [4.78, 5) is 17.2. The summed E-state index contributed by atoms with van der Waals surface area (Å²) < 4.78 is 18.4. The van der Waals surface area contributed by atoms with E-state index in [9.17, 15) is 14.3 Å². The predicted molar refractivity (Wildman–Crippen MR) is 88.2 cm³/mol. The van der Waals surface area contributed by atoms with Gasteiger partial charge in [0.1, 0.15) is 5.82 Å². The molecule has 1 atom stereocenters. The highest BCUT2D eigenvalue weighted by atomic mass is 19.1. The van der Waals surface area contributed by atoms with Crippen LogP contribution < -0.4 is 5.32 Å². The number of fused-ring (bicyclic) bond motifs is 1. The van der Waals surface area contributed by atoms with Gasteiger partial charge in [-0.3, -0.25) is 9.69 Å². The van der Waals surface area contributed by atoms with Crippen LogP contribution in [0.5, 0.6) is 0 Å². The number of H-pyrrole nitrogens is 1. The third-order valence-electron chi connectivity index (χ3n) is 4.19. The molecule has 3 N–H and O–H groups in total. The molecule has 1 aliphatic rings. The number of benzene rings is 1. The Hall–Kier alpha value is -1.96. The van der Waals surface area contributed by atoms with E-state index in [1.807, 2.05) is 0 Å². The van der Waals surface area contributed by atoms with Crippen LogP contribution in [-0.4, -0.2) is 66.4 Å². The maximum absolute atomic E-state index is 13.2. The average molecular weight is 335 g/mol. The number of carbonyl (C=O) groups excluding carboxylic acids is 1. The van der Waals surface area contributed by atoms with Crippen molar-refractivity contribution in [3.05, 3.63) is 35.8 Å². The lowest BCUT2D eigenvalue weighted by molar-refractivity contribution is -0.121. The van der Waals surface area contributed by atoms with Crippen molar-refractivity contribution in [2.24, 2.45) is 0 Å². The van der Waals surface area contributed by atoms with Gasteiger partial charge in [-0.2, -0.15) is 0 Å². The molecule has 1 aliphatic heterocycles. The third kappa shape index (κ3) is 4.31. The van der Waals surface area contributed by atoms with Crippen LogP contribution in [0.3, 0.4) is 0 Å². The number of hydrogen-bond acceptors (Lipinski definition) is 4. The molecule has 0 spiro atoms. The second-order valence-corrected chi connectivity index (χ2v) is 6.05. The molecule has 2 heterocycles. The van der Waals surface area contributed by atoms with E-state index in [4.69, 9.17) is 4.74 Å². The van der Waals surface area contributed by atoms with Crippen molar-refractivity contribution >= 4 is 16.8 Å². The number of hydrogen-bond donors (Lipinski definition) is 3. The summed E-state index contributed by atoms with van der Waals surface area (Å²) in [6, 6.07) is 4.45. The standard InChI is InChI=1S/C17H22FN3O3/c18-13-1-2-15-12(9-19-16(15)8-13)7-17(23)20-10-14(22)11-21-3-5-24-6-4-21/h1-2,8-9,14,19,22H,3-7,10-11H2,(H,20,23). The van der Waals surface area contributed by atoms with E-state index in [0.29, 0.717) is 25.3 Å². The Morgan fingerprint density at radius 2 is 2.21 bits per heavy atom. The van der Waals surface area contributed by atoms with Crippen molar-refractivity contribution in [3.8, 4) is 0 Å². The zero-order valence-electron chi connectivity index (χ0n) is 13.4. The molecule has 0 radical (unpaired) electrons. The van der Waals surface area contributed by atoms with Crippen LogP contribution in [0.2, 0.25) is 0 Å². The molecule has 1 aromatic carbocycles. The van der Waals surface area contributed by atoms with Gasteiger partial charge in [-0.25, -0.2) is 4.39 Å². The van der Waals surface area contributed by atoms with E-state index in [2.05, 4.69) is 15.2 Å². The number of carbonyl (C=O) groups is 1. The minimum absolute atomic E-state index is 0.166. The molecule has 1 amide bonds. The molecule has 1 saturated heterocycles. The topological polar surface area (TPSA) is 77.6 Å². The Bertz CT molecular complexity index is 697. The van der Waals surface area contributed by atoms with Gasteiger partial charge in [-0.15, -0.1) is 0 Å². The second-order valence-electron chi connectivity index (χ2n) is 6.05. The highest BCUT2D eigenvalue weighted by Crippen LogP contribution is 2.19. The fourth-order valence-electron chi connectivity index (χ4n) is 2.92. The number of aromatic nitrogens is 1. The molecule has 7 heteroatoms. The van der Waals surface area contributed by atoms with Crippen molar-refractivity contribution in [2.75, 3.05) is 39.4 Å². The Labute approximate surface area is 139 Å². The number of ether oxygens (including phenoxy) is 1. The highest BCUT2D eigenvalue weighted by Gasteiger charge is 2.16. The van der Waals surface area contributed by atoms with E-state index in [-0.39, 0.29) is 24.7 Å². The van der Waals surface area contributed by atoms with E-state index in [1.54, 1.807) is 12.3 Å². The molecular weight excluding hydrogens is 313 g/mol. The number of halogens is 1. The van der Waals surface area contributed by atoms with E-state index < -0.39 is 6.10 Å². The van der Waals surface area contributed by atoms with Crippen LogP contribution in [0, 0.1) is 5.82 Å². The van der Waals surface area contributed by atoms with Crippen LogP contribution in [-0.2, 0) is 16.0 Å². The zero-order valence-corrected chi connectivity index (χ0v) is 13.4. The fraction of sp³-hybridized carbons (Fsp3) is 0.471. The maximum Gasteiger partial charge on any atom is 0.224 e. The largest absolute Gasteiger partial charge is 0.390 e. The quantitative estimate of drug-likeness (QED) is 0.725. The first-order chi connectivity index (χ1) is 11.6. The smallest absolute Gasteiger partial charge is 0.224 e. The molecule has 1 aromatic heterocycles. The summed E-state index contributed by atoms with van der Waals surface area (Å²) in [5.74, 6) is -0.479. The van der Waals surface area contributed by atoms with Gasteiger partial charge in [-0.05, 0) is 23.8 Å². The molecular formula is C17H22FN3O3. The molecule has 130 valence electrons. The van der Waals surface area contributed by atoms with E-state index in [0.717, 1.165) is 24.0 Å². The molecule has 0 aliphatic carbocycles. The molecule has 24 heavy (non-hydrogen) atoms. The molecule has 3 rings (SSSR count). The van der Waals surface area contributed by atoms with Crippen molar-refractivity contribution in [2.45, 2.75) is 12.5 Å². The van der Waals surface area contributed by atoms with E-state index >= 15 is 0 Å². The van der Waals surface area contributed by atoms with Crippen LogP contribution in [0.1, 0.15) is 5.56 Å². The van der Waals surface area contributed by atoms with Crippen LogP contribution in [0.4, 0.5) is 4.39 Å². The normalized spacial score (nSPS) is 17.1. The van der Waals surface area contributed by atoms with Gasteiger partial charge in [0.2, 0.25) is 5.91 Å². The van der Waals surface area contributed by atoms with Crippen molar-refractivity contribution < 1.29 is 19.0 Å². The molecule has 6 nitrogen and oxygen atoms in total. The summed E-state index contributed by atoms with van der Waals surface area (Å²) in [7, 11) is 0. The lowest BCUT2D eigenvalue weighted by Crippen LogP contribution is -2.44. The van der Waals surface area contributed by atoms with Gasteiger partial charge in [0.05, 0.1) is 25.7 Å². The lowest BCUT2D eigenvalue weighted by Gasteiger charge is -2.28. The minimum Gasteiger partial charge on any atom is -0.390 e. The van der Waals surface area contributed by atoms with Crippen molar-refractivity contribution in [3.63, 3.8) is 0 Å². The highest BCUT2D eigenvalue weighted by molar-refractivity contribution is 5.88. The summed E-state index contributed by atoms with van der Waals surface area (Å²) in [6.45, 7) is 3.71. The number of nitrogens with one attached hydrogen (secondary N) is 2.